The van der Waals surface area contributed by atoms with Gasteiger partial charge < -0.3 is 19.3 Å². The predicted molar refractivity (Wildman–Crippen MR) is 153 cm³/mol. The summed E-state index contributed by atoms with van der Waals surface area (Å²) in [5, 5.41) is 11.7. The van der Waals surface area contributed by atoms with E-state index in [0.717, 1.165) is 42.6 Å². The maximum absolute atomic E-state index is 13.6. The normalized spacial score (nSPS) is 17.5. The number of hydrogen-bond donors (Lipinski definition) is 0. The lowest BCUT2D eigenvalue weighted by molar-refractivity contribution is -0.274. The van der Waals surface area contributed by atoms with E-state index in [1.165, 1.54) is 18.0 Å². The van der Waals surface area contributed by atoms with Crippen LogP contribution in [0.2, 0.25) is 0 Å². The quantitative estimate of drug-likeness (QED) is 0.182. The first-order chi connectivity index (χ1) is 21.9. The molecular formula is C30H35F9N6O2. The minimum absolute atomic E-state index is 0.0202. The summed E-state index contributed by atoms with van der Waals surface area (Å²) in [6.45, 7) is 2.73. The second-order valence-corrected chi connectivity index (χ2v) is 11.6. The molecule has 1 saturated carbocycles. The molecule has 0 amide bonds. The Bertz CT molecular complexity index is 1440. The first kappa shape index (κ1) is 36.1. The van der Waals surface area contributed by atoms with Gasteiger partial charge >= 0.3 is 18.7 Å². The number of anilines is 2. The summed E-state index contributed by atoms with van der Waals surface area (Å²) >= 11 is 0. The second kappa shape index (κ2) is 14.6. The summed E-state index contributed by atoms with van der Waals surface area (Å²) in [6, 6.07) is 4.97. The van der Waals surface area contributed by atoms with E-state index in [-0.39, 0.29) is 35.6 Å². The van der Waals surface area contributed by atoms with E-state index in [4.69, 9.17) is 4.74 Å². The van der Waals surface area contributed by atoms with Crippen molar-refractivity contribution in [2.45, 2.75) is 64.4 Å². The summed E-state index contributed by atoms with van der Waals surface area (Å²) < 4.78 is 131. The molecule has 4 rings (SSSR count). The smallest absolute Gasteiger partial charge is 0.406 e. The molecule has 17 heteroatoms. The Kier molecular flexibility index (Phi) is 11.2. The molecule has 0 bridgehead atoms. The van der Waals surface area contributed by atoms with E-state index in [2.05, 4.69) is 20.1 Å². The second-order valence-electron chi connectivity index (χ2n) is 11.6. The number of benzene rings is 2. The van der Waals surface area contributed by atoms with E-state index in [9.17, 15) is 39.5 Å². The highest BCUT2D eigenvalue weighted by atomic mass is 19.4. The molecule has 47 heavy (non-hydrogen) atoms. The monoisotopic (exact) mass is 682 g/mol. The van der Waals surface area contributed by atoms with Crippen molar-refractivity contribution in [2.24, 2.45) is 18.9 Å². The van der Waals surface area contributed by atoms with Crippen molar-refractivity contribution in [3.63, 3.8) is 0 Å². The summed E-state index contributed by atoms with van der Waals surface area (Å²) in [6.07, 6.45) is -11.4. The lowest BCUT2D eigenvalue weighted by Crippen LogP contribution is -2.33. The average molecular weight is 683 g/mol. The molecule has 0 radical (unpaired) electrons. The van der Waals surface area contributed by atoms with Gasteiger partial charge in [-0.3, -0.25) is 0 Å². The topological polar surface area (TPSA) is 68.5 Å². The highest BCUT2D eigenvalue weighted by Crippen LogP contribution is 2.38. The number of methoxy groups -OCH3 is 1. The van der Waals surface area contributed by atoms with Crippen LogP contribution in [0.4, 0.5) is 51.1 Å². The van der Waals surface area contributed by atoms with E-state index in [1.807, 2.05) is 11.8 Å². The Labute approximate surface area is 265 Å². The van der Waals surface area contributed by atoms with E-state index < -0.39 is 42.1 Å². The van der Waals surface area contributed by atoms with Crippen molar-refractivity contribution in [2.75, 3.05) is 36.6 Å². The largest absolute Gasteiger partial charge is 0.573 e. The van der Waals surface area contributed by atoms with Gasteiger partial charge in [-0.05, 0) is 97.2 Å². The zero-order chi connectivity index (χ0) is 34.6. The van der Waals surface area contributed by atoms with Crippen molar-refractivity contribution in [3.05, 3.63) is 58.7 Å². The zero-order valence-corrected chi connectivity index (χ0v) is 25.9. The van der Waals surface area contributed by atoms with Gasteiger partial charge in [0, 0.05) is 45.6 Å². The van der Waals surface area contributed by atoms with Crippen molar-refractivity contribution in [1.29, 1.82) is 0 Å². The van der Waals surface area contributed by atoms with Crippen molar-refractivity contribution >= 4 is 11.6 Å². The van der Waals surface area contributed by atoms with Gasteiger partial charge in [0.25, 0.3) is 5.95 Å². The number of alkyl halides is 9. The number of nitrogens with zero attached hydrogens (tertiary/aromatic N) is 6. The summed E-state index contributed by atoms with van der Waals surface area (Å²) in [5.41, 5.74) is -2.60. The zero-order valence-electron chi connectivity index (χ0n) is 25.9. The molecule has 8 nitrogen and oxygen atoms in total. The molecule has 0 unspecified atom stereocenters. The number of aromatic nitrogens is 4. The molecule has 260 valence electrons. The third-order valence-corrected chi connectivity index (χ3v) is 8.02. The van der Waals surface area contributed by atoms with Gasteiger partial charge in [-0.1, -0.05) is 5.10 Å². The maximum atomic E-state index is 13.6. The van der Waals surface area contributed by atoms with E-state index in [1.54, 1.807) is 7.11 Å². The van der Waals surface area contributed by atoms with Crippen LogP contribution >= 0.6 is 0 Å². The number of halogens is 9. The standard InChI is InChI=1S/C30H35F9N6O2/c1-4-44(15-19-5-7-20(8-6-19)18-46-3)26-10-9-25(47-30(37,38)39)13-22(26)17-45(27-40-42-43(2)41-27)16-21-11-23(28(31,32)33)14-24(12-21)29(34,35)36/h9-14,19-20H,4-8,15-18H2,1-3H3/t19-,20-. The highest BCUT2D eigenvalue weighted by molar-refractivity contribution is 5.58. The molecule has 1 fully saturated rings. The van der Waals surface area contributed by atoms with Crippen LogP contribution in [0.3, 0.4) is 0 Å². The number of aryl methyl sites for hydroxylation is 1. The lowest BCUT2D eigenvalue weighted by Gasteiger charge is -2.35. The molecule has 2 aromatic carbocycles. The Balaban J connectivity index is 1.73. The van der Waals surface area contributed by atoms with Crippen LogP contribution in [0.15, 0.2) is 36.4 Å². The molecule has 1 aliphatic carbocycles. The predicted octanol–water partition coefficient (Wildman–Crippen LogP) is 7.63. The molecule has 0 saturated heterocycles. The van der Waals surface area contributed by atoms with Gasteiger partial charge in [0.15, 0.2) is 0 Å². The Morgan fingerprint density at radius 2 is 1.45 bits per heavy atom. The van der Waals surface area contributed by atoms with E-state index >= 15 is 0 Å². The van der Waals surface area contributed by atoms with Crippen LogP contribution < -0.4 is 14.5 Å². The first-order valence-electron chi connectivity index (χ1n) is 14.8. The summed E-state index contributed by atoms with van der Waals surface area (Å²) in [7, 11) is 3.06. The maximum Gasteiger partial charge on any atom is 0.573 e. The van der Waals surface area contributed by atoms with Crippen molar-refractivity contribution in [1.82, 2.24) is 20.2 Å². The Morgan fingerprint density at radius 3 is 1.96 bits per heavy atom. The third-order valence-electron chi connectivity index (χ3n) is 8.02. The minimum Gasteiger partial charge on any atom is -0.406 e. The first-order valence-corrected chi connectivity index (χ1v) is 14.8. The summed E-state index contributed by atoms with van der Waals surface area (Å²) in [5.74, 6) is 0.0250. The molecule has 3 aromatic rings. The Morgan fingerprint density at radius 1 is 0.830 bits per heavy atom. The van der Waals surface area contributed by atoms with Crippen LogP contribution in [-0.2, 0) is 37.2 Å². The van der Waals surface area contributed by atoms with Gasteiger partial charge in [0.2, 0.25) is 0 Å². The third kappa shape index (κ3) is 10.1. The van der Waals surface area contributed by atoms with Gasteiger partial charge in [0.05, 0.1) is 18.2 Å². The number of ether oxygens (including phenoxy) is 2. The number of tetrazole rings is 1. The minimum atomic E-state index is -5.08. The molecule has 0 N–H and O–H groups in total. The van der Waals surface area contributed by atoms with Gasteiger partial charge in [0.1, 0.15) is 5.75 Å². The average Bonchev–Trinajstić information content (AvgIpc) is 3.41. The molecule has 0 aliphatic heterocycles. The fourth-order valence-corrected chi connectivity index (χ4v) is 5.85. The van der Waals surface area contributed by atoms with Crippen LogP contribution in [0.1, 0.15) is 54.9 Å². The van der Waals surface area contributed by atoms with Gasteiger partial charge in [-0.25, -0.2) is 0 Å². The fourth-order valence-electron chi connectivity index (χ4n) is 5.85. The highest BCUT2D eigenvalue weighted by Gasteiger charge is 2.37. The summed E-state index contributed by atoms with van der Waals surface area (Å²) in [4.78, 5) is 4.28. The fraction of sp³-hybridized carbons (Fsp3) is 0.567. The van der Waals surface area contributed by atoms with Gasteiger partial charge in [-0.2, -0.15) is 31.1 Å². The molecule has 1 aliphatic rings. The molecule has 1 aromatic heterocycles. The van der Waals surface area contributed by atoms with Crippen LogP contribution in [-0.4, -0.2) is 53.4 Å². The number of hydrogen-bond acceptors (Lipinski definition) is 7. The lowest BCUT2D eigenvalue weighted by atomic mass is 9.82. The SMILES string of the molecule is CCN(C[C@H]1CC[C@H](COC)CC1)c1ccc(OC(F)(F)F)cc1CN(Cc1cc(C(F)(F)F)cc(C(F)(F)F)c1)c1nnn(C)n1. The van der Waals surface area contributed by atoms with Crippen LogP contribution in [0, 0.1) is 11.8 Å². The molecule has 1 heterocycles. The molecule has 0 spiro atoms. The number of rotatable bonds is 12. The Hall–Kier alpha value is -3.76. The van der Waals surface area contributed by atoms with Gasteiger partial charge in [-0.15, -0.1) is 18.3 Å². The van der Waals surface area contributed by atoms with Crippen molar-refractivity contribution in [3.8, 4) is 5.75 Å². The molecule has 0 atom stereocenters. The van der Waals surface area contributed by atoms with E-state index in [0.29, 0.717) is 43.4 Å². The van der Waals surface area contributed by atoms with Crippen molar-refractivity contribution < 1.29 is 49.0 Å². The van der Waals surface area contributed by atoms with Crippen LogP contribution in [0.25, 0.3) is 0 Å². The van der Waals surface area contributed by atoms with Crippen LogP contribution in [0.5, 0.6) is 5.75 Å². The molecular weight excluding hydrogens is 647 g/mol.